The predicted octanol–water partition coefficient (Wildman–Crippen LogP) is 3.62. The number of carboxylic acids is 1. The summed E-state index contributed by atoms with van der Waals surface area (Å²) in [5.74, 6) is -0.0894. The highest BCUT2D eigenvalue weighted by atomic mass is 32.2. The van der Waals surface area contributed by atoms with Gasteiger partial charge in [0.1, 0.15) is 0 Å². The maximum absolute atomic E-state index is 10.6. The molecule has 0 aliphatic carbocycles. The molecule has 0 saturated carbocycles. The third-order valence-electron chi connectivity index (χ3n) is 3.19. The van der Waals surface area contributed by atoms with Crippen LogP contribution in [0.4, 0.5) is 0 Å². The molecular weight excluding hydrogens is 306 g/mol. The van der Waals surface area contributed by atoms with Crippen LogP contribution >= 0.6 is 23.1 Å². The van der Waals surface area contributed by atoms with Crippen molar-refractivity contribution in [3.63, 3.8) is 0 Å². The number of carboxylic acid groups (broad SMARTS) is 1. The minimum atomic E-state index is -0.847. The monoisotopic (exact) mass is 325 g/mol. The fourth-order valence-electron chi connectivity index (χ4n) is 2.05. The van der Waals surface area contributed by atoms with E-state index in [2.05, 4.69) is 23.9 Å². The summed E-state index contributed by atoms with van der Waals surface area (Å²) >= 11 is 3.09. The molecule has 0 radical (unpaired) electrons. The Labute approximate surface area is 132 Å². The molecule has 0 aliphatic rings. The van der Waals surface area contributed by atoms with Gasteiger partial charge >= 0.3 is 5.97 Å². The molecule has 0 atom stereocenters. The number of thiazole rings is 1. The van der Waals surface area contributed by atoms with Crippen LogP contribution in [-0.2, 0) is 17.0 Å². The Kier molecular flexibility index (Phi) is 5.81. The summed E-state index contributed by atoms with van der Waals surface area (Å²) in [7, 11) is 0. The molecule has 2 rings (SSSR count). The highest BCUT2D eigenvalue weighted by molar-refractivity contribution is 8.00. The largest absolute Gasteiger partial charge is 0.481 e. The van der Waals surface area contributed by atoms with E-state index in [0.717, 1.165) is 28.6 Å². The first-order chi connectivity index (χ1) is 10.1. The topological polar surface area (TPSA) is 68.0 Å². The Morgan fingerprint density at radius 2 is 2.19 bits per heavy atom. The van der Waals surface area contributed by atoms with Gasteiger partial charge < -0.3 is 5.11 Å². The molecule has 0 aromatic carbocycles. The van der Waals surface area contributed by atoms with Crippen LogP contribution in [0, 0.1) is 0 Å². The molecule has 0 unspecified atom stereocenters. The number of nitrogens with zero attached hydrogens (tertiary/aromatic N) is 3. The number of aromatic nitrogens is 3. The van der Waals surface area contributed by atoms with Crippen molar-refractivity contribution in [3.8, 4) is 0 Å². The summed E-state index contributed by atoms with van der Waals surface area (Å²) in [6.45, 7) is 4.34. The lowest BCUT2D eigenvalue weighted by Gasteiger charge is -2.12. The highest BCUT2D eigenvalue weighted by Crippen LogP contribution is 2.26. The zero-order valence-corrected chi connectivity index (χ0v) is 13.8. The van der Waals surface area contributed by atoms with E-state index in [1.807, 2.05) is 16.9 Å². The molecule has 0 aliphatic heterocycles. The summed E-state index contributed by atoms with van der Waals surface area (Å²) in [6, 6.07) is 2.50. The quantitative estimate of drug-likeness (QED) is 0.751. The smallest absolute Gasteiger partial charge is 0.309 e. The third-order valence-corrected chi connectivity index (χ3v) is 5.29. The molecule has 0 amide bonds. The lowest BCUT2D eigenvalue weighted by atomic mass is 10.2. The van der Waals surface area contributed by atoms with Gasteiger partial charge in [-0.2, -0.15) is 5.10 Å². The minimum absolute atomic E-state index is 0.0135. The second-order valence-corrected chi connectivity index (χ2v) is 6.80. The summed E-state index contributed by atoms with van der Waals surface area (Å²) < 4.78 is 2.93. The maximum atomic E-state index is 10.6. The molecule has 0 spiro atoms. The van der Waals surface area contributed by atoms with Gasteiger partial charge in [0, 0.05) is 17.3 Å². The lowest BCUT2D eigenvalue weighted by molar-refractivity contribution is -0.136. The van der Waals surface area contributed by atoms with Crippen LogP contribution < -0.4 is 0 Å². The van der Waals surface area contributed by atoms with Crippen molar-refractivity contribution in [2.45, 2.75) is 49.2 Å². The van der Waals surface area contributed by atoms with Crippen molar-refractivity contribution in [2.24, 2.45) is 0 Å². The van der Waals surface area contributed by atoms with Gasteiger partial charge in [-0.15, -0.1) is 11.3 Å². The van der Waals surface area contributed by atoms with Gasteiger partial charge in [0.25, 0.3) is 0 Å². The number of rotatable bonds is 8. The van der Waals surface area contributed by atoms with Crippen LogP contribution in [0.5, 0.6) is 0 Å². The molecule has 2 heterocycles. The lowest BCUT2D eigenvalue weighted by Crippen LogP contribution is -2.07. The molecule has 2 aromatic rings. The number of carbonyl (C=O) groups is 1. The molecule has 0 bridgehead atoms. The predicted molar refractivity (Wildman–Crippen MR) is 84.9 cm³/mol. The van der Waals surface area contributed by atoms with Gasteiger partial charge in [0.15, 0.2) is 4.34 Å². The summed E-state index contributed by atoms with van der Waals surface area (Å²) in [5, 5.41) is 15.1. The highest BCUT2D eigenvalue weighted by Gasteiger charge is 2.10. The molecule has 21 heavy (non-hydrogen) atoms. The van der Waals surface area contributed by atoms with Crippen LogP contribution in [0.3, 0.4) is 0 Å². The number of hydrogen-bond acceptors (Lipinski definition) is 5. The van der Waals surface area contributed by atoms with Gasteiger partial charge in [-0.3, -0.25) is 9.48 Å². The van der Waals surface area contributed by atoms with E-state index in [1.165, 1.54) is 11.3 Å². The van der Waals surface area contributed by atoms with Gasteiger partial charge in [0.2, 0.25) is 0 Å². The molecular formula is C14H19N3O2S2. The summed E-state index contributed by atoms with van der Waals surface area (Å²) in [5.41, 5.74) is 1.65. The third kappa shape index (κ3) is 4.57. The van der Waals surface area contributed by atoms with Gasteiger partial charge in [-0.1, -0.05) is 25.6 Å². The Morgan fingerprint density at radius 1 is 1.43 bits per heavy atom. The van der Waals surface area contributed by atoms with E-state index in [4.69, 9.17) is 5.11 Å². The normalized spacial score (nSPS) is 11.2. The van der Waals surface area contributed by atoms with E-state index < -0.39 is 5.97 Å². The standard InChI is InChI=1S/C14H19N3O2S2/c1-3-12(4-2)17-6-5-10(16-17)8-20-14-15-11(9-21-14)7-13(18)19/h5-6,9,12H,3-4,7-8H2,1-2H3,(H,18,19). The number of aliphatic carboxylic acids is 1. The average molecular weight is 325 g/mol. The Morgan fingerprint density at radius 3 is 2.86 bits per heavy atom. The first-order valence-electron chi connectivity index (χ1n) is 6.95. The van der Waals surface area contributed by atoms with E-state index in [9.17, 15) is 4.79 Å². The van der Waals surface area contributed by atoms with Crippen molar-refractivity contribution in [3.05, 3.63) is 29.0 Å². The van der Waals surface area contributed by atoms with Crippen molar-refractivity contribution in [1.29, 1.82) is 0 Å². The van der Waals surface area contributed by atoms with Gasteiger partial charge in [0.05, 0.1) is 23.9 Å². The van der Waals surface area contributed by atoms with E-state index in [-0.39, 0.29) is 6.42 Å². The zero-order chi connectivity index (χ0) is 15.2. The van der Waals surface area contributed by atoms with Gasteiger partial charge in [-0.25, -0.2) is 4.98 Å². The molecule has 1 N–H and O–H groups in total. The summed E-state index contributed by atoms with van der Waals surface area (Å²) in [6.07, 6.45) is 4.18. The van der Waals surface area contributed by atoms with Crippen LogP contribution in [-0.4, -0.2) is 25.8 Å². The van der Waals surface area contributed by atoms with Crippen LogP contribution in [0.2, 0.25) is 0 Å². The summed E-state index contributed by atoms with van der Waals surface area (Å²) in [4.78, 5) is 14.9. The van der Waals surface area contributed by atoms with E-state index >= 15 is 0 Å². The van der Waals surface area contributed by atoms with Crippen LogP contribution in [0.1, 0.15) is 44.1 Å². The fraction of sp³-hybridized carbons (Fsp3) is 0.500. The van der Waals surface area contributed by atoms with E-state index in [1.54, 1.807) is 17.1 Å². The molecule has 2 aromatic heterocycles. The van der Waals surface area contributed by atoms with Crippen molar-refractivity contribution < 1.29 is 9.90 Å². The van der Waals surface area contributed by atoms with Crippen molar-refractivity contribution in [1.82, 2.24) is 14.8 Å². The molecule has 5 nitrogen and oxygen atoms in total. The SMILES string of the molecule is CCC(CC)n1ccc(CSc2nc(CC(=O)O)cs2)n1. The maximum Gasteiger partial charge on any atom is 0.309 e. The van der Waals surface area contributed by atoms with Crippen LogP contribution in [0.25, 0.3) is 0 Å². The average Bonchev–Trinajstić information content (AvgIpc) is 3.07. The molecule has 0 saturated heterocycles. The number of hydrogen-bond donors (Lipinski definition) is 1. The molecule has 7 heteroatoms. The Bertz CT molecular complexity index is 591. The Balaban J connectivity index is 1.91. The molecule has 114 valence electrons. The first kappa shape index (κ1) is 16.0. The van der Waals surface area contributed by atoms with Crippen molar-refractivity contribution >= 4 is 29.1 Å². The fourth-order valence-corrected chi connectivity index (χ4v) is 3.79. The van der Waals surface area contributed by atoms with Crippen LogP contribution in [0.15, 0.2) is 22.0 Å². The number of thioether (sulfide) groups is 1. The van der Waals surface area contributed by atoms with E-state index in [0.29, 0.717) is 11.7 Å². The first-order valence-corrected chi connectivity index (χ1v) is 8.81. The minimum Gasteiger partial charge on any atom is -0.481 e. The second kappa shape index (κ2) is 7.61. The van der Waals surface area contributed by atoms with Gasteiger partial charge in [-0.05, 0) is 18.9 Å². The zero-order valence-electron chi connectivity index (χ0n) is 12.2. The van der Waals surface area contributed by atoms with Crippen molar-refractivity contribution in [2.75, 3.05) is 0 Å². The Hall–Kier alpha value is -1.34. The second-order valence-electron chi connectivity index (χ2n) is 4.72. The molecule has 0 fully saturated rings.